The first-order chi connectivity index (χ1) is 9.72. The van der Waals surface area contributed by atoms with Crippen LogP contribution in [-0.2, 0) is 0 Å². The lowest BCUT2D eigenvalue weighted by molar-refractivity contribution is 0.0938. The Bertz CT molecular complexity index is 470. The lowest BCUT2D eigenvalue weighted by atomic mass is 9.67. The predicted molar refractivity (Wildman–Crippen MR) is 83.2 cm³/mol. The zero-order valence-corrected chi connectivity index (χ0v) is 12.7. The zero-order valence-electron chi connectivity index (χ0n) is 12.0. The maximum Gasteiger partial charge on any atom is 0.164 e. The van der Waals surface area contributed by atoms with E-state index in [-0.39, 0.29) is 5.78 Å². The van der Waals surface area contributed by atoms with Crippen LogP contribution in [0, 0.1) is 17.8 Å². The standard InChI is InChI=1S/C18H23ClO/c19-17-7-2-1-6-16(17)18(20)9-8-15-11-13-4-3-5-14(10-13)12-15/h1-2,6-7,13-15H,3-5,8-12H2. The molecule has 108 valence electrons. The molecule has 1 aromatic rings. The average molecular weight is 291 g/mol. The van der Waals surface area contributed by atoms with Gasteiger partial charge in [0.15, 0.2) is 5.78 Å². The van der Waals surface area contributed by atoms with Crippen molar-refractivity contribution >= 4 is 17.4 Å². The molecule has 2 aliphatic rings. The molecule has 2 unspecified atom stereocenters. The molecule has 0 spiro atoms. The van der Waals surface area contributed by atoms with E-state index in [4.69, 9.17) is 11.6 Å². The number of benzene rings is 1. The monoisotopic (exact) mass is 290 g/mol. The number of carbonyl (C=O) groups excluding carboxylic acids is 1. The van der Waals surface area contributed by atoms with Crippen molar-refractivity contribution in [1.29, 1.82) is 0 Å². The summed E-state index contributed by atoms with van der Waals surface area (Å²) in [5.41, 5.74) is 0.699. The highest BCUT2D eigenvalue weighted by Gasteiger charge is 2.31. The molecule has 1 nitrogen and oxygen atoms in total. The van der Waals surface area contributed by atoms with Crippen molar-refractivity contribution in [2.24, 2.45) is 17.8 Å². The first kappa shape index (κ1) is 14.1. The summed E-state index contributed by atoms with van der Waals surface area (Å²) < 4.78 is 0. The molecule has 0 radical (unpaired) electrons. The van der Waals surface area contributed by atoms with Gasteiger partial charge in [-0.15, -0.1) is 0 Å². The quantitative estimate of drug-likeness (QED) is 0.667. The molecule has 20 heavy (non-hydrogen) atoms. The Labute approximate surface area is 126 Å². The van der Waals surface area contributed by atoms with Gasteiger partial charge in [-0.1, -0.05) is 43.0 Å². The molecule has 2 atom stereocenters. The Balaban J connectivity index is 1.54. The third-order valence-electron chi connectivity index (χ3n) is 5.18. The van der Waals surface area contributed by atoms with Gasteiger partial charge in [0.25, 0.3) is 0 Å². The van der Waals surface area contributed by atoms with Crippen LogP contribution in [0.15, 0.2) is 24.3 Å². The molecule has 0 aromatic heterocycles. The molecule has 0 saturated heterocycles. The van der Waals surface area contributed by atoms with Gasteiger partial charge in [0.2, 0.25) is 0 Å². The van der Waals surface area contributed by atoms with Crippen LogP contribution in [0.3, 0.4) is 0 Å². The van der Waals surface area contributed by atoms with Crippen molar-refractivity contribution in [3.05, 3.63) is 34.9 Å². The maximum absolute atomic E-state index is 12.3. The Morgan fingerprint density at radius 1 is 1.10 bits per heavy atom. The Hall–Kier alpha value is -0.820. The van der Waals surface area contributed by atoms with Crippen LogP contribution in [0.1, 0.15) is 61.7 Å². The van der Waals surface area contributed by atoms with E-state index in [0.717, 1.165) is 24.2 Å². The third kappa shape index (κ3) is 3.25. The van der Waals surface area contributed by atoms with E-state index in [2.05, 4.69) is 0 Å². The maximum atomic E-state index is 12.3. The Morgan fingerprint density at radius 3 is 2.50 bits per heavy atom. The van der Waals surface area contributed by atoms with Crippen molar-refractivity contribution in [2.45, 2.75) is 51.4 Å². The summed E-state index contributed by atoms with van der Waals surface area (Å²) in [5.74, 6) is 2.88. The summed E-state index contributed by atoms with van der Waals surface area (Å²) in [5, 5.41) is 0.595. The van der Waals surface area contributed by atoms with Gasteiger partial charge in [-0.05, 0) is 55.6 Å². The fourth-order valence-electron chi connectivity index (χ4n) is 4.26. The van der Waals surface area contributed by atoms with Gasteiger partial charge in [0, 0.05) is 12.0 Å². The summed E-state index contributed by atoms with van der Waals surface area (Å²) in [6.07, 6.45) is 10.1. The van der Waals surface area contributed by atoms with Crippen molar-refractivity contribution in [2.75, 3.05) is 0 Å². The number of hydrogen-bond donors (Lipinski definition) is 0. The van der Waals surface area contributed by atoms with Crippen LogP contribution in [0.5, 0.6) is 0 Å². The van der Waals surface area contributed by atoms with E-state index in [0.29, 0.717) is 17.0 Å². The number of fused-ring (bicyclic) bond motifs is 2. The molecule has 0 N–H and O–H groups in total. The van der Waals surface area contributed by atoms with Gasteiger partial charge in [-0.2, -0.15) is 0 Å². The highest BCUT2D eigenvalue weighted by atomic mass is 35.5. The number of carbonyl (C=O) groups is 1. The summed E-state index contributed by atoms with van der Waals surface area (Å²) in [6, 6.07) is 7.42. The number of Topliss-reactive ketones (excluding diaryl/α,β-unsaturated/α-hetero) is 1. The van der Waals surface area contributed by atoms with Crippen LogP contribution in [0.2, 0.25) is 5.02 Å². The smallest absolute Gasteiger partial charge is 0.164 e. The van der Waals surface area contributed by atoms with Crippen molar-refractivity contribution in [3.8, 4) is 0 Å². The molecule has 1 aromatic carbocycles. The van der Waals surface area contributed by atoms with Gasteiger partial charge >= 0.3 is 0 Å². The number of halogens is 1. The SMILES string of the molecule is O=C(CCC1CC2CCCC(C2)C1)c1ccccc1Cl. The van der Waals surface area contributed by atoms with E-state index in [1.807, 2.05) is 18.2 Å². The number of ketones is 1. The van der Waals surface area contributed by atoms with Crippen LogP contribution in [0.4, 0.5) is 0 Å². The van der Waals surface area contributed by atoms with Gasteiger partial charge < -0.3 is 0 Å². The molecule has 2 bridgehead atoms. The van der Waals surface area contributed by atoms with Crippen LogP contribution in [0.25, 0.3) is 0 Å². The molecular formula is C18H23ClO. The van der Waals surface area contributed by atoms with Gasteiger partial charge in [0.1, 0.15) is 0 Å². The molecule has 0 amide bonds. The molecule has 0 aliphatic heterocycles. The average Bonchev–Trinajstić information content (AvgIpc) is 2.45. The lowest BCUT2D eigenvalue weighted by Crippen LogP contribution is -2.27. The molecule has 2 heteroatoms. The first-order valence-corrected chi connectivity index (χ1v) is 8.38. The summed E-state index contributed by atoms with van der Waals surface area (Å²) in [4.78, 5) is 12.3. The highest BCUT2D eigenvalue weighted by Crippen LogP contribution is 2.43. The van der Waals surface area contributed by atoms with Crippen LogP contribution in [-0.4, -0.2) is 5.78 Å². The molecule has 2 saturated carbocycles. The van der Waals surface area contributed by atoms with Gasteiger partial charge in [0.05, 0.1) is 5.02 Å². The van der Waals surface area contributed by atoms with Crippen LogP contribution < -0.4 is 0 Å². The summed E-state index contributed by atoms with van der Waals surface area (Å²) in [7, 11) is 0. The van der Waals surface area contributed by atoms with E-state index in [9.17, 15) is 4.79 Å². The first-order valence-electron chi connectivity index (χ1n) is 8.00. The van der Waals surface area contributed by atoms with E-state index in [1.165, 1.54) is 38.5 Å². The normalized spacial score (nSPS) is 29.1. The Kier molecular flexibility index (Phi) is 4.45. The predicted octanol–water partition coefficient (Wildman–Crippen LogP) is 5.52. The topological polar surface area (TPSA) is 17.1 Å². The highest BCUT2D eigenvalue weighted by molar-refractivity contribution is 6.33. The van der Waals surface area contributed by atoms with E-state index >= 15 is 0 Å². The minimum absolute atomic E-state index is 0.214. The fraction of sp³-hybridized carbons (Fsp3) is 0.611. The second-order valence-electron chi connectivity index (χ2n) is 6.68. The molecule has 2 aliphatic carbocycles. The van der Waals surface area contributed by atoms with Gasteiger partial charge in [-0.3, -0.25) is 4.79 Å². The molecule has 2 fully saturated rings. The second kappa shape index (κ2) is 6.30. The summed E-state index contributed by atoms with van der Waals surface area (Å²) >= 11 is 6.10. The molecule has 3 rings (SSSR count). The Morgan fingerprint density at radius 2 is 1.80 bits per heavy atom. The van der Waals surface area contributed by atoms with E-state index in [1.54, 1.807) is 6.07 Å². The molecule has 0 heterocycles. The molecular weight excluding hydrogens is 268 g/mol. The van der Waals surface area contributed by atoms with E-state index < -0.39 is 0 Å². The minimum atomic E-state index is 0.214. The van der Waals surface area contributed by atoms with Crippen molar-refractivity contribution in [3.63, 3.8) is 0 Å². The fourth-order valence-corrected chi connectivity index (χ4v) is 4.50. The number of rotatable bonds is 4. The van der Waals surface area contributed by atoms with Gasteiger partial charge in [-0.25, -0.2) is 0 Å². The zero-order chi connectivity index (χ0) is 13.9. The second-order valence-corrected chi connectivity index (χ2v) is 7.08. The largest absolute Gasteiger partial charge is 0.294 e. The van der Waals surface area contributed by atoms with Crippen molar-refractivity contribution < 1.29 is 4.79 Å². The van der Waals surface area contributed by atoms with Crippen molar-refractivity contribution in [1.82, 2.24) is 0 Å². The minimum Gasteiger partial charge on any atom is -0.294 e. The lowest BCUT2D eigenvalue weighted by Gasteiger charge is -2.39. The summed E-state index contributed by atoms with van der Waals surface area (Å²) in [6.45, 7) is 0. The number of hydrogen-bond acceptors (Lipinski definition) is 1. The third-order valence-corrected chi connectivity index (χ3v) is 5.51. The van der Waals surface area contributed by atoms with Crippen LogP contribution >= 0.6 is 11.6 Å².